The molecule has 1 aliphatic carbocycles. The molecule has 5 nitrogen and oxygen atoms in total. The molecular weight excluding hydrogens is 244 g/mol. The molecule has 19 heavy (non-hydrogen) atoms. The predicted molar refractivity (Wildman–Crippen MR) is 71.8 cm³/mol. The van der Waals surface area contributed by atoms with E-state index in [1.807, 2.05) is 9.80 Å². The fourth-order valence-electron chi connectivity index (χ4n) is 3.08. The molecule has 2 fully saturated rings. The summed E-state index contributed by atoms with van der Waals surface area (Å²) in [6.07, 6.45) is 4.37. The molecule has 0 spiro atoms. The lowest BCUT2D eigenvalue weighted by molar-refractivity contribution is -0.141. The Bertz CT molecular complexity index is 330. The highest BCUT2D eigenvalue weighted by molar-refractivity contribution is 5.79. The summed E-state index contributed by atoms with van der Waals surface area (Å²) in [7, 11) is 0. The molecule has 1 heterocycles. The summed E-state index contributed by atoms with van der Waals surface area (Å²) in [6.45, 7) is 5.06. The van der Waals surface area contributed by atoms with Gasteiger partial charge in [-0.1, -0.05) is 6.92 Å². The zero-order valence-electron chi connectivity index (χ0n) is 11.7. The number of carboxylic acid groups (broad SMARTS) is 1. The minimum absolute atomic E-state index is 0.0863. The maximum Gasteiger partial charge on any atom is 0.317 e. The van der Waals surface area contributed by atoms with Crippen molar-refractivity contribution in [2.75, 3.05) is 32.7 Å². The number of rotatable bonds is 3. The van der Waals surface area contributed by atoms with Gasteiger partial charge in [0, 0.05) is 32.1 Å². The van der Waals surface area contributed by atoms with Crippen molar-refractivity contribution in [3.63, 3.8) is 0 Å². The highest BCUT2D eigenvalue weighted by Crippen LogP contribution is 2.29. The molecule has 1 saturated heterocycles. The van der Waals surface area contributed by atoms with E-state index in [4.69, 9.17) is 5.11 Å². The van der Waals surface area contributed by atoms with Gasteiger partial charge in [-0.3, -0.25) is 14.5 Å². The molecule has 108 valence electrons. The topological polar surface area (TPSA) is 60.9 Å². The largest absolute Gasteiger partial charge is 0.480 e. The van der Waals surface area contributed by atoms with Crippen LogP contribution in [0.2, 0.25) is 0 Å². The third-order valence-corrected chi connectivity index (χ3v) is 4.41. The quantitative estimate of drug-likeness (QED) is 0.831. The van der Waals surface area contributed by atoms with Crippen LogP contribution in [-0.2, 0) is 9.59 Å². The lowest BCUT2D eigenvalue weighted by Crippen LogP contribution is -2.51. The summed E-state index contributed by atoms with van der Waals surface area (Å²) in [5, 5.41) is 8.75. The van der Waals surface area contributed by atoms with E-state index in [1.165, 1.54) is 0 Å². The number of amides is 1. The molecule has 1 amide bonds. The van der Waals surface area contributed by atoms with Crippen LogP contribution in [0.25, 0.3) is 0 Å². The zero-order chi connectivity index (χ0) is 13.8. The third kappa shape index (κ3) is 3.93. The van der Waals surface area contributed by atoms with Crippen LogP contribution < -0.4 is 0 Å². The molecule has 1 N–H and O–H groups in total. The smallest absolute Gasteiger partial charge is 0.317 e. The molecule has 1 saturated carbocycles. The Labute approximate surface area is 114 Å². The molecule has 0 aromatic carbocycles. The average Bonchev–Trinajstić information content (AvgIpc) is 2.39. The Morgan fingerprint density at radius 3 is 2.16 bits per heavy atom. The standard InChI is InChI=1S/C14H24N2O3/c1-11-2-4-12(5-3-11)14(19)16-8-6-15(7-9-16)10-13(17)18/h11-12H,2-10H2,1H3,(H,17,18). The van der Waals surface area contributed by atoms with Crippen molar-refractivity contribution in [2.45, 2.75) is 32.6 Å². The van der Waals surface area contributed by atoms with Gasteiger partial charge in [-0.05, 0) is 31.6 Å². The van der Waals surface area contributed by atoms with Crippen molar-refractivity contribution in [1.29, 1.82) is 0 Å². The Balaban J connectivity index is 1.77. The normalized spacial score (nSPS) is 29.2. The van der Waals surface area contributed by atoms with Crippen LogP contribution in [0.1, 0.15) is 32.6 Å². The number of nitrogens with zero attached hydrogens (tertiary/aromatic N) is 2. The number of aliphatic carboxylic acids is 1. The summed E-state index contributed by atoms with van der Waals surface area (Å²) < 4.78 is 0. The van der Waals surface area contributed by atoms with Crippen LogP contribution in [0, 0.1) is 11.8 Å². The number of hydrogen-bond donors (Lipinski definition) is 1. The lowest BCUT2D eigenvalue weighted by atomic mass is 9.82. The van der Waals surface area contributed by atoms with Crippen LogP contribution in [0.4, 0.5) is 0 Å². The van der Waals surface area contributed by atoms with Gasteiger partial charge in [0.1, 0.15) is 0 Å². The second-order valence-corrected chi connectivity index (χ2v) is 5.95. The summed E-state index contributed by atoms with van der Waals surface area (Å²) >= 11 is 0. The Morgan fingerprint density at radius 2 is 1.63 bits per heavy atom. The molecule has 2 rings (SSSR count). The summed E-state index contributed by atoms with van der Waals surface area (Å²) in [4.78, 5) is 26.8. The molecule has 5 heteroatoms. The minimum Gasteiger partial charge on any atom is -0.480 e. The second-order valence-electron chi connectivity index (χ2n) is 5.95. The van der Waals surface area contributed by atoms with Crippen molar-refractivity contribution >= 4 is 11.9 Å². The predicted octanol–water partition coefficient (Wildman–Crippen LogP) is 1.04. The van der Waals surface area contributed by atoms with Gasteiger partial charge in [-0.15, -0.1) is 0 Å². The van der Waals surface area contributed by atoms with Crippen molar-refractivity contribution in [1.82, 2.24) is 9.80 Å². The summed E-state index contributed by atoms with van der Waals surface area (Å²) in [5.41, 5.74) is 0. The molecular formula is C14H24N2O3. The van der Waals surface area contributed by atoms with E-state index in [9.17, 15) is 9.59 Å². The second kappa shape index (κ2) is 6.37. The maximum absolute atomic E-state index is 12.4. The van der Waals surface area contributed by atoms with E-state index in [-0.39, 0.29) is 12.5 Å². The average molecular weight is 268 g/mol. The van der Waals surface area contributed by atoms with E-state index >= 15 is 0 Å². The van der Waals surface area contributed by atoms with Gasteiger partial charge < -0.3 is 10.0 Å². The monoisotopic (exact) mass is 268 g/mol. The third-order valence-electron chi connectivity index (χ3n) is 4.41. The van der Waals surface area contributed by atoms with Gasteiger partial charge in [0.2, 0.25) is 5.91 Å². The van der Waals surface area contributed by atoms with Gasteiger partial charge in [-0.25, -0.2) is 0 Å². The van der Waals surface area contributed by atoms with Gasteiger partial charge in [-0.2, -0.15) is 0 Å². The minimum atomic E-state index is -0.791. The molecule has 0 aromatic heterocycles. The van der Waals surface area contributed by atoms with E-state index in [2.05, 4.69) is 6.92 Å². The Hall–Kier alpha value is -1.10. The van der Waals surface area contributed by atoms with E-state index in [0.717, 1.165) is 31.6 Å². The van der Waals surface area contributed by atoms with Crippen LogP contribution in [-0.4, -0.2) is 59.5 Å². The first kappa shape index (κ1) is 14.3. The number of hydrogen-bond acceptors (Lipinski definition) is 3. The van der Waals surface area contributed by atoms with Crippen LogP contribution in [0.15, 0.2) is 0 Å². The summed E-state index contributed by atoms with van der Waals surface area (Å²) in [5.74, 6) is 0.474. The first-order chi connectivity index (χ1) is 9.06. The van der Waals surface area contributed by atoms with Crippen molar-refractivity contribution in [2.24, 2.45) is 11.8 Å². The van der Waals surface area contributed by atoms with E-state index in [1.54, 1.807) is 0 Å². The van der Waals surface area contributed by atoms with E-state index < -0.39 is 5.97 Å². The van der Waals surface area contributed by atoms with Gasteiger partial charge in [0.15, 0.2) is 0 Å². The highest BCUT2D eigenvalue weighted by Gasteiger charge is 2.30. The van der Waals surface area contributed by atoms with Crippen molar-refractivity contribution in [3.05, 3.63) is 0 Å². The maximum atomic E-state index is 12.4. The zero-order valence-corrected chi connectivity index (χ0v) is 11.7. The number of piperazine rings is 1. The number of carboxylic acids is 1. The fraction of sp³-hybridized carbons (Fsp3) is 0.857. The molecule has 0 aromatic rings. The molecule has 1 aliphatic heterocycles. The molecule has 0 bridgehead atoms. The Morgan fingerprint density at radius 1 is 1.05 bits per heavy atom. The number of carbonyl (C=O) groups is 2. The van der Waals surface area contributed by atoms with Crippen molar-refractivity contribution in [3.8, 4) is 0 Å². The van der Waals surface area contributed by atoms with Gasteiger partial charge >= 0.3 is 5.97 Å². The van der Waals surface area contributed by atoms with Crippen molar-refractivity contribution < 1.29 is 14.7 Å². The molecule has 0 radical (unpaired) electrons. The van der Waals surface area contributed by atoms with Crippen LogP contribution >= 0.6 is 0 Å². The molecule has 0 atom stereocenters. The SMILES string of the molecule is CC1CCC(C(=O)N2CCN(CC(=O)O)CC2)CC1. The van der Waals surface area contributed by atoms with Crippen LogP contribution in [0.5, 0.6) is 0 Å². The lowest BCUT2D eigenvalue weighted by Gasteiger charge is -2.37. The van der Waals surface area contributed by atoms with Crippen LogP contribution in [0.3, 0.4) is 0 Å². The Kier molecular flexibility index (Phi) is 4.80. The van der Waals surface area contributed by atoms with Gasteiger partial charge in [0.05, 0.1) is 6.54 Å². The summed E-state index contributed by atoms with van der Waals surface area (Å²) in [6, 6.07) is 0. The first-order valence-corrected chi connectivity index (χ1v) is 7.29. The highest BCUT2D eigenvalue weighted by atomic mass is 16.4. The first-order valence-electron chi connectivity index (χ1n) is 7.29. The van der Waals surface area contributed by atoms with Gasteiger partial charge in [0.25, 0.3) is 0 Å². The molecule has 0 unspecified atom stereocenters. The molecule has 2 aliphatic rings. The van der Waals surface area contributed by atoms with E-state index in [0.29, 0.717) is 32.1 Å². The fourth-order valence-corrected chi connectivity index (χ4v) is 3.08. The number of carbonyl (C=O) groups excluding carboxylic acids is 1.